The van der Waals surface area contributed by atoms with Crippen molar-refractivity contribution in [3.8, 4) is 5.69 Å². The highest BCUT2D eigenvalue weighted by Crippen LogP contribution is 2.20. The Morgan fingerprint density at radius 3 is 2.33 bits per heavy atom. The molecule has 5 nitrogen and oxygen atoms in total. The molecule has 0 aliphatic carbocycles. The molecule has 4 rings (SSSR count). The first-order valence-corrected chi connectivity index (χ1v) is 10.7. The molecule has 1 aromatic carbocycles. The fourth-order valence-electron chi connectivity index (χ4n) is 3.16. The lowest BCUT2D eigenvalue weighted by Crippen LogP contribution is -2.24. The molecule has 3 aromatic rings. The van der Waals surface area contributed by atoms with E-state index in [1.54, 1.807) is 18.5 Å². The van der Waals surface area contributed by atoms with Crippen LogP contribution in [0.3, 0.4) is 0 Å². The third-order valence-corrected chi connectivity index (χ3v) is 5.65. The largest absolute Gasteiger partial charge is 0.306 e. The van der Waals surface area contributed by atoms with Crippen LogP contribution in [0.4, 0.5) is 0 Å². The number of pyridine rings is 1. The van der Waals surface area contributed by atoms with Crippen LogP contribution >= 0.6 is 0 Å². The highest BCUT2D eigenvalue weighted by molar-refractivity contribution is 7.84. The maximum absolute atomic E-state index is 11.4. The monoisotopic (exact) mass is 383 g/mol. The van der Waals surface area contributed by atoms with Gasteiger partial charge >= 0.3 is 0 Å². The van der Waals surface area contributed by atoms with Crippen molar-refractivity contribution in [2.45, 2.75) is 24.2 Å². The smallest absolute Gasteiger partial charge is 0.151 e. The average molecular weight is 384 g/mol. The lowest BCUT2D eigenvalue weighted by atomic mass is 10.1. The second-order valence-corrected chi connectivity index (χ2v) is 8.18. The zero-order valence-corrected chi connectivity index (χ0v) is 16.6. The van der Waals surface area contributed by atoms with Gasteiger partial charge in [0.2, 0.25) is 0 Å². The summed E-state index contributed by atoms with van der Waals surface area (Å²) in [5, 5.41) is 0.915. The van der Waals surface area contributed by atoms with Crippen molar-refractivity contribution in [2.24, 2.45) is 0 Å². The summed E-state index contributed by atoms with van der Waals surface area (Å²) in [5.41, 5.74) is 2.30. The van der Waals surface area contributed by atoms with Gasteiger partial charge in [-0.25, -0.2) is 4.98 Å². The van der Waals surface area contributed by atoms with Gasteiger partial charge in [-0.1, -0.05) is 6.42 Å². The van der Waals surface area contributed by atoms with Crippen molar-refractivity contribution < 1.29 is 9.00 Å². The first-order valence-electron chi connectivity index (χ1n) is 9.13. The van der Waals surface area contributed by atoms with Crippen LogP contribution in [0, 0.1) is 0 Å². The number of aldehydes is 1. The molecule has 1 unspecified atom stereocenters. The van der Waals surface area contributed by atoms with E-state index >= 15 is 0 Å². The maximum atomic E-state index is 11.4. The average Bonchev–Trinajstić information content (AvgIpc) is 3.12. The normalized spacial score (nSPS) is 15.8. The summed E-state index contributed by atoms with van der Waals surface area (Å²) >= 11 is 0. The Hall–Kier alpha value is -2.31. The third-order valence-electron chi connectivity index (χ3n) is 4.71. The summed E-state index contributed by atoms with van der Waals surface area (Å²) in [7, 11) is 1.21. The quantitative estimate of drug-likeness (QED) is 0.648. The van der Waals surface area contributed by atoms with Crippen LogP contribution in [0.25, 0.3) is 16.7 Å². The molecule has 0 amide bonds. The number of aromatic nitrogens is 2. The van der Waals surface area contributed by atoms with Gasteiger partial charge in [0.15, 0.2) is 6.29 Å². The number of rotatable bonds is 3. The van der Waals surface area contributed by atoms with Crippen LogP contribution in [0.2, 0.25) is 0 Å². The van der Waals surface area contributed by atoms with Gasteiger partial charge in [-0.3, -0.25) is 9.00 Å². The zero-order chi connectivity index (χ0) is 19.2. The number of nitrogens with zero attached hydrogens (tertiary/aromatic N) is 3. The van der Waals surface area contributed by atoms with Gasteiger partial charge in [0, 0.05) is 51.0 Å². The van der Waals surface area contributed by atoms with Crippen LogP contribution in [-0.2, 0) is 10.8 Å². The highest BCUT2D eigenvalue weighted by Gasteiger charge is 2.06. The summed E-state index contributed by atoms with van der Waals surface area (Å²) in [6.45, 7) is 2.64. The molecule has 0 saturated carbocycles. The minimum absolute atomic E-state index is 0.562. The first kappa shape index (κ1) is 19.5. The maximum Gasteiger partial charge on any atom is 0.151 e. The van der Waals surface area contributed by atoms with Crippen LogP contribution < -0.4 is 0 Å². The molecule has 2 aromatic heterocycles. The molecule has 1 saturated heterocycles. The summed E-state index contributed by atoms with van der Waals surface area (Å²) in [5.74, 6) is 0. The van der Waals surface area contributed by atoms with Gasteiger partial charge in [0.05, 0.1) is 0 Å². The minimum Gasteiger partial charge on any atom is -0.306 e. The molecule has 27 heavy (non-hydrogen) atoms. The van der Waals surface area contributed by atoms with Gasteiger partial charge in [-0.05, 0) is 69.4 Å². The van der Waals surface area contributed by atoms with E-state index in [1.807, 2.05) is 41.1 Å². The van der Waals surface area contributed by atoms with E-state index < -0.39 is 10.8 Å². The fraction of sp³-hybridized carbons (Fsp3) is 0.333. The van der Waals surface area contributed by atoms with Gasteiger partial charge in [-0.2, -0.15) is 0 Å². The molecule has 1 atom stereocenters. The molecule has 142 valence electrons. The fourth-order valence-corrected chi connectivity index (χ4v) is 3.68. The third kappa shape index (κ3) is 4.90. The van der Waals surface area contributed by atoms with E-state index in [0.29, 0.717) is 5.56 Å². The standard InChI is InChI=1S/C15H12N2O2S.C6H13N/c1-20(19)14-4-2-13(3-5-14)17-7-6-12-8-11(10-18)9-16-15(12)17;1-7-5-3-2-4-6-7/h2-10H,1H3;2-6H2,1H3. The SMILES string of the molecule is CN1CCCCC1.CS(=O)c1ccc(-n2ccc3cc(C=O)cnc32)cc1. The van der Waals surface area contributed by atoms with Crippen LogP contribution in [0.1, 0.15) is 29.6 Å². The second kappa shape index (κ2) is 9.06. The molecule has 1 fully saturated rings. The Bertz CT molecular complexity index is 928. The van der Waals surface area contributed by atoms with Crippen molar-refractivity contribution in [3.05, 3.63) is 54.4 Å². The van der Waals surface area contributed by atoms with Crippen molar-refractivity contribution in [3.63, 3.8) is 0 Å². The van der Waals surface area contributed by atoms with Crippen LogP contribution in [0.5, 0.6) is 0 Å². The Morgan fingerprint density at radius 2 is 1.78 bits per heavy atom. The number of fused-ring (bicyclic) bond motifs is 1. The number of carbonyl (C=O) groups excluding carboxylic acids is 1. The number of hydrogen-bond donors (Lipinski definition) is 0. The molecule has 0 N–H and O–H groups in total. The Morgan fingerprint density at radius 1 is 1.07 bits per heavy atom. The molecule has 1 aliphatic rings. The zero-order valence-electron chi connectivity index (χ0n) is 15.8. The number of carbonyl (C=O) groups is 1. The van der Waals surface area contributed by atoms with E-state index in [4.69, 9.17) is 0 Å². The molecule has 6 heteroatoms. The van der Waals surface area contributed by atoms with Gasteiger partial charge in [0.1, 0.15) is 5.65 Å². The first-order chi connectivity index (χ1) is 13.1. The summed E-state index contributed by atoms with van der Waals surface area (Å²) in [6.07, 6.45) is 10.2. The second-order valence-electron chi connectivity index (χ2n) is 6.80. The van der Waals surface area contributed by atoms with Crippen LogP contribution in [-0.4, -0.2) is 51.3 Å². The van der Waals surface area contributed by atoms with E-state index in [2.05, 4.69) is 16.9 Å². The van der Waals surface area contributed by atoms with E-state index in [1.165, 1.54) is 32.4 Å². The van der Waals surface area contributed by atoms with Crippen molar-refractivity contribution in [1.82, 2.24) is 14.5 Å². The Labute approximate surface area is 162 Å². The summed E-state index contributed by atoms with van der Waals surface area (Å²) in [4.78, 5) is 18.3. The molecule has 0 spiro atoms. The summed E-state index contributed by atoms with van der Waals surface area (Å²) in [6, 6.07) is 11.2. The molecule has 3 heterocycles. The lowest BCUT2D eigenvalue weighted by Gasteiger charge is -2.20. The van der Waals surface area contributed by atoms with E-state index in [-0.39, 0.29) is 0 Å². The number of hydrogen-bond acceptors (Lipinski definition) is 4. The molecule has 1 aliphatic heterocycles. The predicted octanol–water partition coefficient (Wildman–Crippen LogP) is 3.68. The lowest BCUT2D eigenvalue weighted by molar-refractivity contribution is 0.112. The van der Waals surface area contributed by atoms with Crippen LogP contribution in [0.15, 0.2) is 53.7 Å². The number of benzene rings is 1. The van der Waals surface area contributed by atoms with Crippen molar-refractivity contribution in [2.75, 3.05) is 26.4 Å². The molecular formula is C21H25N3O2S. The van der Waals surface area contributed by atoms with E-state index in [0.717, 1.165) is 27.9 Å². The number of piperidine rings is 1. The molecule has 0 bridgehead atoms. The molecule has 0 radical (unpaired) electrons. The topological polar surface area (TPSA) is 55.2 Å². The van der Waals surface area contributed by atoms with Crippen molar-refractivity contribution in [1.29, 1.82) is 0 Å². The van der Waals surface area contributed by atoms with Gasteiger partial charge in [-0.15, -0.1) is 0 Å². The predicted molar refractivity (Wildman–Crippen MR) is 110 cm³/mol. The van der Waals surface area contributed by atoms with E-state index in [9.17, 15) is 9.00 Å². The van der Waals surface area contributed by atoms with Gasteiger partial charge < -0.3 is 9.47 Å². The molecular weight excluding hydrogens is 358 g/mol. The highest BCUT2D eigenvalue weighted by atomic mass is 32.2. The minimum atomic E-state index is -0.979. The number of likely N-dealkylation sites (tertiary alicyclic amines) is 1. The van der Waals surface area contributed by atoms with Gasteiger partial charge in [0.25, 0.3) is 0 Å². The Balaban J connectivity index is 0.000000253. The van der Waals surface area contributed by atoms with Crippen molar-refractivity contribution >= 4 is 28.1 Å². The summed E-state index contributed by atoms with van der Waals surface area (Å²) < 4.78 is 13.3. The Kier molecular flexibility index (Phi) is 6.53.